The van der Waals surface area contributed by atoms with E-state index in [9.17, 15) is 4.79 Å². The van der Waals surface area contributed by atoms with Crippen molar-refractivity contribution in [2.75, 3.05) is 39.5 Å². The van der Waals surface area contributed by atoms with Gasteiger partial charge in [0.2, 0.25) is 0 Å². The number of benzene rings is 1. The molecule has 0 aromatic heterocycles. The van der Waals surface area contributed by atoms with Gasteiger partial charge in [-0.2, -0.15) is 0 Å². The van der Waals surface area contributed by atoms with E-state index in [0.29, 0.717) is 56.6 Å². The van der Waals surface area contributed by atoms with Gasteiger partial charge in [-0.3, -0.25) is 4.79 Å². The molecule has 122 valence electrons. The zero-order valence-corrected chi connectivity index (χ0v) is 13.5. The predicted octanol–water partition coefficient (Wildman–Crippen LogP) is 2.74. The molecule has 5 nitrogen and oxygen atoms in total. The number of nitrogens with zero attached hydrogens (tertiary/aromatic N) is 1. The van der Waals surface area contributed by atoms with Crippen LogP contribution in [-0.4, -0.2) is 50.3 Å². The Morgan fingerprint density at radius 3 is 2.36 bits per heavy atom. The maximum Gasteiger partial charge on any atom is 0.254 e. The van der Waals surface area contributed by atoms with E-state index in [2.05, 4.69) is 13.8 Å². The van der Waals surface area contributed by atoms with Crippen LogP contribution in [-0.2, 0) is 4.74 Å². The lowest BCUT2D eigenvalue weighted by Gasteiger charge is -2.27. The van der Waals surface area contributed by atoms with Gasteiger partial charge in [0.25, 0.3) is 5.91 Å². The Kier molecular flexibility index (Phi) is 6.52. The van der Waals surface area contributed by atoms with Crippen LogP contribution in [0.1, 0.15) is 37.0 Å². The number of hydrogen-bond acceptors (Lipinski definition) is 4. The highest BCUT2D eigenvalue weighted by atomic mass is 16.5. The maximum absolute atomic E-state index is 12.5. The summed E-state index contributed by atoms with van der Waals surface area (Å²) in [6.07, 6.45) is 1.84. The first-order valence-corrected chi connectivity index (χ1v) is 8.03. The van der Waals surface area contributed by atoms with Gasteiger partial charge in [0.15, 0.2) is 11.5 Å². The van der Waals surface area contributed by atoms with Crippen LogP contribution < -0.4 is 9.47 Å². The van der Waals surface area contributed by atoms with Gasteiger partial charge < -0.3 is 19.1 Å². The van der Waals surface area contributed by atoms with Crippen LogP contribution in [0.2, 0.25) is 0 Å². The molecule has 1 fully saturated rings. The highest BCUT2D eigenvalue weighted by Gasteiger charge is 2.20. The van der Waals surface area contributed by atoms with Gasteiger partial charge in [-0.25, -0.2) is 0 Å². The zero-order chi connectivity index (χ0) is 15.8. The Labute approximate surface area is 132 Å². The van der Waals surface area contributed by atoms with E-state index < -0.39 is 0 Å². The van der Waals surface area contributed by atoms with Crippen LogP contribution in [0, 0.1) is 0 Å². The Balaban J connectivity index is 2.15. The SMILES string of the molecule is CCCOc1ccc(C(=O)N2CCOCC2)cc1OCCC. The summed E-state index contributed by atoms with van der Waals surface area (Å²) in [5.74, 6) is 1.37. The van der Waals surface area contributed by atoms with Crippen molar-refractivity contribution in [2.24, 2.45) is 0 Å². The lowest BCUT2D eigenvalue weighted by atomic mass is 10.1. The van der Waals surface area contributed by atoms with Gasteiger partial charge in [0, 0.05) is 18.7 Å². The minimum absolute atomic E-state index is 0.0201. The molecule has 1 aliphatic rings. The average Bonchev–Trinajstić information content (AvgIpc) is 2.58. The fraction of sp³-hybridized carbons (Fsp3) is 0.588. The van der Waals surface area contributed by atoms with Crippen molar-refractivity contribution >= 4 is 5.91 Å². The third kappa shape index (κ3) is 4.37. The third-order valence-corrected chi connectivity index (χ3v) is 3.41. The van der Waals surface area contributed by atoms with E-state index in [1.54, 1.807) is 6.07 Å². The van der Waals surface area contributed by atoms with Crippen molar-refractivity contribution < 1.29 is 19.0 Å². The van der Waals surface area contributed by atoms with Gasteiger partial charge >= 0.3 is 0 Å². The van der Waals surface area contributed by atoms with Gasteiger partial charge in [0.1, 0.15) is 0 Å². The number of morpholine rings is 1. The average molecular weight is 307 g/mol. The Morgan fingerprint density at radius 2 is 1.73 bits per heavy atom. The largest absolute Gasteiger partial charge is 0.490 e. The number of carbonyl (C=O) groups excluding carboxylic acids is 1. The van der Waals surface area contributed by atoms with Gasteiger partial charge in [-0.15, -0.1) is 0 Å². The molecular weight excluding hydrogens is 282 g/mol. The van der Waals surface area contributed by atoms with E-state index in [4.69, 9.17) is 14.2 Å². The first kappa shape index (κ1) is 16.6. The second kappa shape index (κ2) is 8.63. The van der Waals surface area contributed by atoms with Gasteiger partial charge in [-0.1, -0.05) is 13.8 Å². The van der Waals surface area contributed by atoms with E-state index in [-0.39, 0.29) is 5.91 Å². The van der Waals surface area contributed by atoms with Crippen LogP contribution in [0.15, 0.2) is 18.2 Å². The molecule has 0 N–H and O–H groups in total. The van der Waals surface area contributed by atoms with Gasteiger partial charge in [-0.05, 0) is 31.0 Å². The van der Waals surface area contributed by atoms with E-state index in [0.717, 1.165) is 12.8 Å². The molecule has 0 saturated carbocycles. The van der Waals surface area contributed by atoms with Crippen molar-refractivity contribution in [3.63, 3.8) is 0 Å². The molecule has 0 unspecified atom stereocenters. The first-order chi connectivity index (χ1) is 10.8. The zero-order valence-electron chi connectivity index (χ0n) is 13.5. The standard InChI is InChI=1S/C17H25NO4/c1-3-9-21-15-6-5-14(13-16(15)22-10-4-2)17(19)18-7-11-20-12-8-18/h5-6,13H,3-4,7-12H2,1-2H3. The molecule has 0 radical (unpaired) electrons. The topological polar surface area (TPSA) is 48.0 Å². The molecule has 0 bridgehead atoms. The minimum atomic E-state index is 0.0201. The quantitative estimate of drug-likeness (QED) is 0.777. The molecule has 1 aliphatic heterocycles. The molecule has 22 heavy (non-hydrogen) atoms. The Morgan fingerprint density at radius 1 is 1.09 bits per heavy atom. The number of amides is 1. The summed E-state index contributed by atoms with van der Waals surface area (Å²) < 4.78 is 16.7. The van der Waals surface area contributed by atoms with Crippen molar-refractivity contribution in [2.45, 2.75) is 26.7 Å². The normalized spacial score (nSPS) is 14.7. The molecule has 2 rings (SSSR count). The molecule has 1 saturated heterocycles. The number of carbonyl (C=O) groups is 1. The summed E-state index contributed by atoms with van der Waals surface area (Å²) >= 11 is 0. The molecule has 1 aromatic rings. The van der Waals surface area contributed by atoms with Crippen LogP contribution in [0.25, 0.3) is 0 Å². The highest BCUT2D eigenvalue weighted by molar-refractivity contribution is 5.95. The fourth-order valence-electron chi connectivity index (χ4n) is 2.25. The lowest BCUT2D eigenvalue weighted by Crippen LogP contribution is -2.40. The molecule has 0 spiro atoms. The molecule has 5 heteroatoms. The summed E-state index contributed by atoms with van der Waals surface area (Å²) in [5.41, 5.74) is 0.636. The second-order valence-corrected chi connectivity index (χ2v) is 5.26. The second-order valence-electron chi connectivity index (χ2n) is 5.26. The molecular formula is C17H25NO4. The van der Waals surface area contributed by atoms with Crippen molar-refractivity contribution in [1.82, 2.24) is 4.90 Å². The fourth-order valence-corrected chi connectivity index (χ4v) is 2.25. The van der Waals surface area contributed by atoms with E-state index >= 15 is 0 Å². The lowest BCUT2D eigenvalue weighted by molar-refractivity contribution is 0.0302. The maximum atomic E-state index is 12.5. The van der Waals surface area contributed by atoms with Gasteiger partial charge in [0.05, 0.1) is 26.4 Å². The molecule has 0 aliphatic carbocycles. The number of rotatable bonds is 7. The highest BCUT2D eigenvalue weighted by Crippen LogP contribution is 2.29. The molecule has 1 amide bonds. The first-order valence-electron chi connectivity index (χ1n) is 8.03. The number of ether oxygens (including phenoxy) is 3. The number of hydrogen-bond donors (Lipinski definition) is 0. The van der Waals surface area contributed by atoms with E-state index in [1.807, 2.05) is 17.0 Å². The van der Waals surface area contributed by atoms with Crippen LogP contribution in [0.5, 0.6) is 11.5 Å². The summed E-state index contributed by atoms with van der Waals surface area (Å²) in [6.45, 7) is 7.83. The molecule has 0 atom stereocenters. The van der Waals surface area contributed by atoms with Crippen LogP contribution in [0.3, 0.4) is 0 Å². The van der Waals surface area contributed by atoms with Crippen molar-refractivity contribution in [3.8, 4) is 11.5 Å². The summed E-state index contributed by atoms with van der Waals surface area (Å²) in [5, 5.41) is 0. The summed E-state index contributed by atoms with van der Waals surface area (Å²) in [4.78, 5) is 14.3. The van der Waals surface area contributed by atoms with E-state index in [1.165, 1.54) is 0 Å². The van der Waals surface area contributed by atoms with Crippen LogP contribution in [0.4, 0.5) is 0 Å². The molecule has 1 heterocycles. The Hall–Kier alpha value is -1.75. The monoisotopic (exact) mass is 307 g/mol. The van der Waals surface area contributed by atoms with Crippen molar-refractivity contribution in [3.05, 3.63) is 23.8 Å². The van der Waals surface area contributed by atoms with Crippen molar-refractivity contribution in [1.29, 1.82) is 0 Å². The summed E-state index contributed by atoms with van der Waals surface area (Å²) in [6, 6.07) is 5.42. The van der Waals surface area contributed by atoms with Crippen LogP contribution >= 0.6 is 0 Å². The molecule has 1 aromatic carbocycles. The smallest absolute Gasteiger partial charge is 0.254 e. The Bertz CT molecular complexity index is 484. The predicted molar refractivity (Wildman–Crippen MR) is 84.7 cm³/mol. The third-order valence-electron chi connectivity index (χ3n) is 3.41. The summed E-state index contributed by atoms with van der Waals surface area (Å²) in [7, 11) is 0. The minimum Gasteiger partial charge on any atom is -0.490 e.